The third-order valence-electron chi connectivity index (χ3n) is 5.21. The number of carbonyl (C=O) groups excluding carboxylic acids is 1. The zero-order valence-electron chi connectivity index (χ0n) is 15.7. The Morgan fingerprint density at radius 1 is 1.21 bits per heavy atom. The van der Waals surface area contributed by atoms with E-state index in [-0.39, 0.29) is 11.9 Å². The van der Waals surface area contributed by atoms with Gasteiger partial charge in [-0.05, 0) is 55.8 Å². The van der Waals surface area contributed by atoms with Crippen LogP contribution < -0.4 is 5.32 Å². The lowest BCUT2D eigenvalue weighted by Gasteiger charge is -2.22. The maximum Gasteiger partial charge on any atom is 0.241 e. The SMILES string of the molecule is O=C(Nc1ccc(-c2nc3ccccc3o2)cc1)[C@@H]1CCCN1Cc1cscn1. The van der Waals surface area contributed by atoms with Crippen LogP contribution in [0.3, 0.4) is 0 Å². The molecule has 1 fully saturated rings. The molecule has 0 radical (unpaired) electrons. The largest absolute Gasteiger partial charge is 0.436 e. The van der Waals surface area contributed by atoms with Crippen molar-refractivity contribution >= 4 is 34.0 Å². The van der Waals surface area contributed by atoms with Gasteiger partial charge in [-0.15, -0.1) is 11.3 Å². The Kier molecular flexibility index (Phi) is 4.83. The summed E-state index contributed by atoms with van der Waals surface area (Å²) in [6, 6.07) is 15.2. The van der Waals surface area contributed by atoms with Gasteiger partial charge in [0.25, 0.3) is 0 Å². The summed E-state index contributed by atoms with van der Waals surface area (Å²) in [6.45, 7) is 1.64. The number of thiazole rings is 1. The number of benzene rings is 2. The van der Waals surface area contributed by atoms with E-state index in [1.54, 1.807) is 11.3 Å². The number of fused-ring (bicyclic) bond motifs is 1. The topological polar surface area (TPSA) is 71.3 Å². The highest BCUT2D eigenvalue weighted by Gasteiger charge is 2.31. The third-order valence-corrected chi connectivity index (χ3v) is 5.84. The van der Waals surface area contributed by atoms with Crippen LogP contribution in [0.15, 0.2) is 63.8 Å². The third kappa shape index (κ3) is 3.79. The number of para-hydroxylation sites is 2. The van der Waals surface area contributed by atoms with E-state index >= 15 is 0 Å². The molecular weight excluding hydrogens is 384 g/mol. The molecule has 0 aliphatic carbocycles. The number of likely N-dealkylation sites (tertiary alicyclic amines) is 1. The predicted octanol–water partition coefficient (Wildman–Crippen LogP) is 4.55. The fourth-order valence-electron chi connectivity index (χ4n) is 3.75. The number of nitrogens with zero attached hydrogens (tertiary/aromatic N) is 3. The van der Waals surface area contributed by atoms with E-state index in [1.807, 2.05) is 59.4 Å². The van der Waals surface area contributed by atoms with Crippen molar-refractivity contribution in [3.05, 3.63) is 65.1 Å². The van der Waals surface area contributed by atoms with Gasteiger partial charge in [0.1, 0.15) is 5.52 Å². The van der Waals surface area contributed by atoms with E-state index in [0.29, 0.717) is 5.89 Å². The van der Waals surface area contributed by atoms with Crippen LogP contribution in [0.25, 0.3) is 22.6 Å². The van der Waals surface area contributed by atoms with Crippen LogP contribution in [-0.2, 0) is 11.3 Å². The van der Waals surface area contributed by atoms with Crippen LogP contribution in [0.2, 0.25) is 0 Å². The molecule has 7 heteroatoms. The van der Waals surface area contributed by atoms with Crippen molar-refractivity contribution in [2.45, 2.75) is 25.4 Å². The summed E-state index contributed by atoms with van der Waals surface area (Å²) in [5.41, 5.74) is 6.11. The van der Waals surface area contributed by atoms with E-state index in [0.717, 1.165) is 54.0 Å². The lowest BCUT2D eigenvalue weighted by molar-refractivity contribution is -0.120. The van der Waals surface area contributed by atoms with Gasteiger partial charge in [-0.25, -0.2) is 9.97 Å². The van der Waals surface area contributed by atoms with Crippen molar-refractivity contribution in [1.82, 2.24) is 14.9 Å². The highest BCUT2D eigenvalue weighted by Crippen LogP contribution is 2.26. The molecule has 1 atom stereocenters. The van der Waals surface area contributed by atoms with E-state index in [9.17, 15) is 4.79 Å². The monoisotopic (exact) mass is 404 g/mol. The Labute approximate surface area is 172 Å². The molecule has 146 valence electrons. The summed E-state index contributed by atoms with van der Waals surface area (Å²) in [5.74, 6) is 0.613. The minimum absolute atomic E-state index is 0.0346. The molecule has 0 spiro atoms. The number of amides is 1. The van der Waals surface area contributed by atoms with Crippen LogP contribution in [0.1, 0.15) is 18.5 Å². The molecule has 0 unspecified atom stereocenters. The smallest absolute Gasteiger partial charge is 0.241 e. The van der Waals surface area contributed by atoms with Crippen LogP contribution in [0, 0.1) is 0 Å². The molecule has 2 aromatic carbocycles. The Morgan fingerprint density at radius 3 is 2.86 bits per heavy atom. The van der Waals surface area contributed by atoms with Gasteiger partial charge in [0, 0.05) is 23.2 Å². The van der Waals surface area contributed by atoms with Crippen molar-refractivity contribution in [3.63, 3.8) is 0 Å². The first kappa shape index (κ1) is 18.0. The molecule has 29 heavy (non-hydrogen) atoms. The number of hydrogen-bond donors (Lipinski definition) is 1. The number of hydrogen-bond acceptors (Lipinski definition) is 6. The highest BCUT2D eigenvalue weighted by atomic mass is 32.1. The lowest BCUT2D eigenvalue weighted by Crippen LogP contribution is -2.39. The number of carbonyl (C=O) groups is 1. The molecule has 6 nitrogen and oxygen atoms in total. The van der Waals surface area contributed by atoms with Crippen LogP contribution in [-0.4, -0.2) is 33.4 Å². The first-order valence-corrected chi connectivity index (χ1v) is 10.6. The van der Waals surface area contributed by atoms with E-state index in [2.05, 4.69) is 20.2 Å². The molecule has 3 heterocycles. The van der Waals surface area contributed by atoms with E-state index in [4.69, 9.17) is 4.42 Å². The molecule has 1 aliphatic heterocycles. The summed E-state index contributed by atoms with van der Waals surface area (Å²) in [6.07, 6.45) is 1.90. The van der Waals surface area contributed by atoms with Gasteiger partial charge in [0.05, 0.1) is 17.2 Å². The number of oxazole rings is 1. The molecule has 1 N–H and O–H groups in total. The average molecular weight is 404 g/mol. The Hall–Kier alpha value is -3.03. The zero-order chi connectivity index (χ0) is 19.6. The van der Waals surface area contributed by atoms with Crippen molar-refractivity contribution in [1.29, 1.82) is 0 Å². The molecule has 2 aromatic heterocycles. The number of aromatic nitrogens is 2. The molecule has 0 bridgehead atoms. The minimum Gasteiger partial charge on any atom is -0.436 e. The second-order valence-corrected chi connectivity index (χ2v) is 7.88. The zero-order valence-corrected chi connectivity index (χ0v) is 16.6. The molecule has 0 saturated carbocycles. The average Bonchev–Trinajstić information content (AvgIpc) is 3.49. The normalized spacial score (nSPS) is 17.0. The fraction of sp³-hybridized carbons (Fsp3) is 0.227. The molecular formula is C22H20N4O2S. The van der Waals surface area contributed by atoms with Crippen molar-refractivity contribution < 1.29 is 9.21 Å². The molecule has 1 amide bonds. The van der Waals surface area contributed by atoms with Gasteiger partial charge < -0.3 is 9.73 Å². The summed E-state index contributed by atoms with van der Waals surface area (Å²) in [5, 5.41) is 5.09. The van der Waals surface area contributed by atoms with Crippen molar-refractivity contribution in [2.24, 2.45) is 0 Å². The minimum atomic E-state index is -0.117. The van der Waals surface area contributed by atoms with Gasteiger partial charge in [-0.3, -0.25) is 9.69 Å². The molecule has 4 aromatic rings. The summed E-state index contributed by atoms with van der Waals surface area (Å²) < 4.78 is 5.81. The summed E-state index contributed by atoms with van der Waals surface area (Å²) in [4.78, 5) is 23.9. The Bertz CT molecular complexity index is 1090. The number of nitrogens with one attached hydrogen (secondary N) is 1. The maximum atomic E-state index is 12.8. The van der Waals surface area contributed by atoms with Crippen LogP contribution >= 0.6 is 11.3 Å². The highest BCUT2D eigenvalue weighted by molar-refractivity contribution is 7.07. The van der Waals surface area contributed by atoms with Gasteiger partial charge in [-0.1, -0.05) is 12.1 Å². The summed E-state index contributed by atoms with van der Waals surface area (Å²) in [7, 11) is 0. The van der Waals surface area contributed by atoms with Crippen molar-refractivity contribution in [2.75, 3.05) is 11.9 Å². The van der Waals surface area contributed by atoms with E-state index in [1.165, 1.54) is 0 Å². The Morgan fingerprint density at radius 2 is 2.07 bits per heavy atom. The quantitative estimate of drug-likeness (QED) is 0.528. The van der Waals surface area contributed by atoms with Gasteiger partial charge >= 0.3 is 0 Å². The van der Waals surface area contributed by atoms with Crippen LogP contribution in [0.4, 0.5) is 5.69 Å². The first-order chi connectivity index (χ1) is 14.3. The lowest BCUT2D eigenvalue weighted by atomic mass is 10.1. The van der Waals surface area contributed by atoms with Crippen LogP contribution in [0.5, 0.6) is 0 Å². The maximum absolute atomic E-state index is 12.8. The van der Waals surface area contributed by atoms with E-state index < -0.39 is 0 Å². The molecule has 1 aliphatic rings. The van der Waals surface area contributed by atoms with Gasteiger partial charge in [0.2, 0.25) is 11.8 Å². The van der Waals surface area contributed by atoms with Gasteiger partial charge in [0.15, 0.2) is 5.58 Å². The number of anilines is 1. The standard InChI is InChI=1S/C22H20N4O2S/c27-21(19-5-3-11-26(19)12-17-13-29-14-23-17)24-16-9-7-15(8-10-16)22-25-18-4-1-2-6-20(18)28-22/h1-2,4,6-10,13-14,19H,3,5,11-12H2,(H,24,27)/t19-/m0/s1. The second-order valence-electron chi connectivity index (χ2n) is 7.16. The molecule has 5 rings (SSSR count). The van der Waals surface area contributed by atoms with Gasteiger partial charge in [-0.2, -0.15) is 0 Å². The Balaban J connectivity index is 1.27. The number of rotatable bonds is 5. The fourth-order valence-corrected chi connectivity index (χ4v) is 4.30. The molecule has 1 saturated heterocycles. The summed E-state index contributed by atoms with van der Waals surface area (Å²) >= 11 is 1.58. The predicted molar refractivity (Wildman–Crippen MR) is 114 cm³/mol. The second kappa shape index (κ2) is 7.77. The van der Waals surface area contributed by atoms with Crippen molar-refractivity contribution in [3.8, 4) is 11.5 Å². The first-order valence-electron chi connectivity index (χ1n) is 9.64.